The average molecular weight is 145 g/mol. The number of nitrogens with two attached hydrogens (primary N) is 1. The van der Waals surface area contributed by atoms with Gasteiger partial charge in [-0.3, -0.25) is 5.84 Å². The molecule has 0 aromatic carbocycles. The SMILES string of the molecule is C=C/C(=C\NN)N(C)P. The first-order valence-electron chi connectivity index (χ1n) is 2.49. The van der Waals surface area contributed by atoms with Crippen LogP contribution >= 0.6 is 9.39 Å². The van der Waals surface area contributed by atoms with Crippen LogP contribution in [0.25, 0.3) is 0 Å². The Balaban J connectivity index is 3.97. The molecule has 3 nitrogen and oxygen atoms in total. The van der Waals surface area contributed by atoms with Crippen LogP contribution in [0.1, 0.15) is 0 Å². The number of hydrogen-bond acceptors (Lipinski definition) is 3. The summed E-state index contributed by atoms with van der Waals surface area (Å²) < 4.78 is 1.83. The molecule has 0 aromatic rings. The second kappa shape index (κ2) is 4.36. The highest BCUT2D eigenvalue weighted by Crippen LogP contribution is 2.05. The smallest absolute Gasteiger partial charge is 0.0560 e. The van der Waals surface area contributed by atoms with E-state index in [1.165, 1.54) is 0 Å². The zero-order chi connectivity index (χ0) is 7.28. The van der Waals surface area contributed by atoms with Crippen LogP contribution in [0.3, 0.4) is 0 Å². The topological polar surface area (TPSA) is 41.3 Å². The van der Waals surface area contributed by atoms with E-state index in [-0.39, 0.29) is 0 Å². The molecule has 3 N–H and O–H groups in total. The summed E-state index contributed by atoms with van der Waals surface area (Å²) in [6, 6.07) is 0. The number of rotatable bonds is 3. The number of hydrogen-bond donors (Lipinski definition) is 2. The minimum Gasteiger partial charge on any atom is -0.358 e. The molecule has 0 aliphatic heterocycles. The van der Waals surface area contributed by atoms with Crippen LogP contribution in [-0.4, -0.2) is 11.7 Å². The second-order valence-corrected chi connectivity index (χ2v) is 2.33. The summed E-state index contributed by atoms with van der Waals surface area (Å²) in [4.78, 5) is 0. The van der Waals surface area contributed by atoms with Gasteiger partial charge >= 0.3 is 0 Å². The van der Waals surface area contributed by atoms with Crippen molar-refractivity contribution in [1.82, 2.24) is 10.1 Å². The molecular weight excluding hydrogens is 133 g/mol. The molecule has 4 heteroatoms. The lowest BCUT2D eigenvalue weighted by Crippen LogP contribution is -2.16. The Morgan fingerprint density at radius 1 is 1.89 bits per heavy atom. The maximum Gasteiger partial charge on any atom is 0.0560 e. The zero-order valence-corrected chi connectivity index (χ0v) is 6.62. The van der Waals surface area contributed by atoms with E-state index >= 15 is 0 Å². The Kier molecular flexibility index (Phi) is 4.10. The summed E-state index contributed by atoms with van der Waals surface area (Å²) in [5.41, 5.74) is 3.33. The van der Waals surface area contributed by atoms with Crippen molar-refractivity contribution in [2.75, 3.05) is 7.05 Å². The summed E-state index contributed by atoms with van der Waals surface area (Å²) in [6.45, 7) is 3.58. The van der Waals surface area contributed by atoms with Gasteiger partial charge in [-0.25, -0.2) is 0 Å². The molecule has 0 saturated carbocycles. The Bertz CT molecular complexity index is 119. The largest absolute Gasteiger partial charge is 0.358 e. The van der Waals surface area contributed by atoms with E-state index in [4.69, 9.17) is 5.84 Å². The van der Waals surface area contributed by atoms with Crippen molar-refractivity contribution in [3.63, 3.8) is 0 Å². The monoisotopic (exact) mass is 145 g/mol. The van der Waals surface area contributed by atoms with Gasteiger partial charge in [-0.05, 0) is 15.5 Å². The van der Waals surface area contributed by atoms with Crippen LogP contribution in [0.4, 0.5) is 0 Å². The van der Waals surface area contributed by atoms with E-state index in [2.05, 4.69) is 21.4 Å². The molecule has 0 rings (SSSR count). The van der Waals surface area contributed by atoms with Crippen LogP contribution in [0.15, 0.2) is 24.6 Å². The highest BCUT2D eigenvalue weighted by atomic mass is 31.0. The molecule has 0 amide bonds. The number of hydrazine groups is 1. The van der Waals surface area contributed by atoms with Gasteiger partial charge in [-0.15, -0.1) is 0 Å². The van der Waals surface area contributed by atoms with Gasteiger partial charge in [0.2, 0.25) is 0 Å². The molecule has 1 atom stereocenters. The first kappa shape index (κ1) is 8.47. The summed E-state index contributed by atoms with van der Waals surface area (Å²) in [5.74, 6) is 5.03. The Hall–Kier alpha value is -0.530. The average Bonchev–Trinajstić information content (AvgIpc) is 1.82. The summed E-state index contributed by atoms with van der Waals surface area (Å²) in [6.07, 6.45) is 3.35. The molecule has 0 heterocycles. The number of nitrogens with zero attached hydrogens (tertiary/aromatic N) is 1. The number of allylic oxidation sites excluding steroid dienone is 1. The van der Waals surface area contributed by atoms with Gasteiger partial charge in [0.25, 0.3) is 0 Å². The first-order valence-corrected chi connectivity index (χ1v) is 3.01. The second-order valence-electron chi connectivity index (χ2n) is 1.55. The Morgan fingerprint density at radius 3 is 2.56 bits per heavy atom. The Morgan fingerprint density at radius 2 is 2.44 bits per heavy atom. The molecular formula is C5H12N3P. The molecule has 52 valence electrons. The van der Waals surface area contributed by atoms with Gasteiger partial charge in [0.05, 0.1) is 5.70 Å². The molecule has 0 fully saturated rings. The molecule has 0 radical (unpaired) electrons. The van der Waals surface area contributed by atoms with Gasteiger partial charge in [-0.1, -0.05) is 6.58 Å². The quantitative estimate of drug-likeness (QED) is 0.258. The lowest BCUT2D eigenvalue weighted by atomic mass is 10.5. The van der Waals surface area contributed by atoms with E-state index in [0.717, 1.165) is 5.70 Å². The zero-order valence-electron chi connectivity index (χ0n) is 5.46. The van der Waals surface area contributed by atoms with Crippen molar-refractivity contribution in [2.24, 2.45) is 5.84 Å². The van der Waals surface area contributed by atoms with Gasteiger partial charge in [0.1, 0.15) is 0 Å². The van der Waals surface area contributed by atoms with Crippen molar-refractivity contribution in [3.05, 3.63) is 24.6 Å². The first-order chi connectivity index (χ1) is 4.22. The standard InChI is InChI=1S/C5H12N3P/c1-3-5(4-7-6)8(2)9/h3-4,7H,1,6,9H2,2H3/b5-4+. The fourth-order valence-corrected chi connectivity index (χ4v) is 0.570. The van der Waals surface area contributed by atoms with E-state index in [0.29, 0.717) is 0 Å². The van der Waals surface area contributed by atoms with Crippen LogP contribution in [0.2, 0.25) is 0 Å². The third-order valence-electron chi connectivity index (χ3n) is 0.848. The molecule has 1 unspecified atom stereocenters. The maximum absolute atomic E-state index is 5.03. The lowest BCUT2D eigenvalue weighted by molar-refractivity contribution is 0.713. The molecule has 0 spiro atoms. The van der Waals surface area contributed by atoms with Crippen molar-refractivity contribution < 1.29 is 0 Å². The minimum absolute atomic E-state index is 0.919. The van der Waals surface area contributed by atoms with Crippen molar-refractivity contribution in [2.45, 2.75) is 0 Å². The molecule has 0 aliphatic rings. The van der Waals surface area contributed by atoms with Crippen molar-refractivity contribution in [3.8, 4) is 0 Å². The van der Waals surface area contributed by atoms with Crippen LogP contribution in [-0.2, 0) is 0 Å². The maximum atomic E-state index is 5.03. The van der Waals surface area contributed by atoms with Crippen molar-refractivity contribution >= 4 is 9.39 Å². The van der Waals surface area contributed by atoms with Gasteiger partial charge in [0.15, 0.2) is 0 Å². The van der Waals surface area contributed by atoms with Crippen LogP contribution in [0, 0.1) is 0 Å². The highest BCUT2D eigenvalue weighted by molar-refractivity contribution is 7.13. The highest BCUT2D eigenvalue weighted by Gasteiger charge is 1.89. The molecule has 9 heavy (non-hydrogen) atoms. The number of nitrogens with one attached hydrogen (secondary N) is 1. The summed E-state index contributed by atoms with van der Waals surface area (Å²) >= 11 is 0. The lowest BCUT2D eigenvalue weighted by Gasteiger charge is -2.11. The van der Waals surface area contributed by atoms with Gasteiger partial charge in [0, 0.05) is 13.2 Å². The third kappa shape index (κ3) is 3.12. The van der Waals surface area contributed by atoms with Crippen molar-refractivity contribution in [1.29, 1.82) is 0 Å². The van der Waals surface area contributed by atoms with Gasteiger partial charge in [-0.2, -0.15) is 0 Å². The normalized spacial score (nSPS) is 10.8. The predicted molar refractivity (Wildman–Crippen MR) is 43.1 cm³/mol. The van der Waals surface area contributed by atoms with E-state index in [1.54, 1.807) is 12.3 Å². The Labute approximate surface area is 57.8 Å². The fraction of sp³-hybridized carbons (Fsp3) is 0.200. The molecule has 0 aliphatic carbocycles. The van der Waals surface area contributed by atoms with E-state index in [9.17, 15) is 0 Å². The summed E-state index contributed by atoms with van der Waals surface area (Å²) in [7, 11) is 4.37. The third-order valence-corrected chi connectivity index (χ3v) is 1.15. The minimum atomic E-state index is 0.919. The van der Waals surface area contributed by atoms with Crippen LogP contribution < -0.4 is 11.3 Å². The van der Waals surface area contributed by atoms with E-state index in [1.807, 2.05) is 11.7 Å². The fourth-order valence-electron chi connectivity index (χ4n) is 0.390. The predicted octanol–water partition coefficient (Wildman–Crippen LogP) is 0.199. The van der Waals surface area contributed by atoms with E-state index < -0.39 is 0 Å². The molecule has 0 aromatic heterocycles. The van der Waals surface area contributed by atoms with Crippen LogP contribution in [0.5, 0.6) is 0 Å². The summed E-state index contributed by atoms with van der Waals surface area (Å²) in [5, 5.41) is 0. The number of likely N-dealkylation sites (N-methyl/N-ethyl adjacent to an activating group) is 1. The molecule has 0 bridgehead atoms. The van der Waals surface area contributed by atoms with Gasteiger partial charge < -0.3 is 10.1 Å². The molecule has 0 saturated heterocycles.